The minimum absolute atomic E-state index is 0.0700. The predicted octanol–water partition coefficient (Wildman–Crippen LogP) is 1.99. The highest BCUT2D eigenvalue weighted by atomic mass is 32.2. The molecule has 0 saturated heterocycles. The number of carbonyl (C=O) groups is 2. The van der Waals surface area contributed by atoms with Crippen LogP contribution in [0.1, 0.15) is 32.6 Å². The Kier molecular flexibility index (Phi) is 6.54. The molecule has 1 fully saturated rings. The van der Waals surface area contributed by atoms with Gasteiger partial charge in [0.15, 0.2) is 0 Å². The van der Waals surface area contributed by atoms with Crippen molar-refractivity contribution in [3.05, 3.63) is 0 Å². The average Bonchev–Trinajstić information content (AvgIpc) is 2.78. The number of amides is 1. The minimum Gasteiger partial charge on any atom is -0.481 e. The van der Waals surface area contributed by atoms with Crippen molar-refractivity contribution in [2.45, 2.75) is 32.6 Å². The Morgan fingerprint density at radius 3 is 2.56 bits per heavy atom. The van der Waals surface area contributed by atoms with E-state index in [1.54, 1.807) is 11.8 Å². The van der Waals surface area contributed by atoms with Crippen molar-refractivity contribution >= 4 is 23.6 Å². The van der Waals surface area contributed by atoms with Gasteiger partial charge in [-0.3, -0.25) is 9.59 Å². The van der Waals surface area contributed by atoms with E-state index in [1.165, 1.54) is 0 Å². The Balaban J connectivity index is 2.46. The highest BCUT2D eigenvalue weighted by Crippen LogP contribution is 2.38. The standard InChI is InChI=1S/C13H23NO3S/c1-3-9-7-10(11(8-9)13(16)17)12(15)14-5-4-6-18-2/h9-11H,3-8H2,1-2H3,(H,14,15)(H,16,17)/t9?,10-,11+/m0/s1. The molecule has 0 spiro atoms. The molecule has 0 aliphatic heterocycles. The molecule has 104 valence electrons. The first-order chi connectivity index (χ1) is 8.60. The van der Waals surface area contributed by atoms with Gasteiger partial charge in [0.25, 0.3) is 0 Å². The van der Waals surface area contributed by atoms with Crippen molar-refractivity contribution in [3.63, 3.8) is 0 Å². The summed E-state index contributed by atoms with van der Waals surface area (Å²) in [6, 6.07) is 0. The second kappa shape index (κ2) is 7.67. The molecule has 2 N–H and O–H groups in total. The fourth-order valence-corrected chi connectivity index (χ4v) is 3.03. The lowest BCUT2D eigenvalue weighted by atomic mass is 9.95. The van der Waals surface area contributed by atoms with Crippen LogP contribution in [-0.2, 0) is 9.59 Å². The largest absolute Gasteiger partial charge is 0.481 e. The van der Waals surface area contributed by atoms with Crippen LogP contribution in [0.25, 0.3) is 0 Å². The summed E-state index contributed by atoms with van der Waals surface area (Å²) in [5.74, 6) is -0.315. The van der Waals surface area contributed by atoms with Gasteiger partial charge in [0.2, 0.25) is 5.91 Å². The third-order valence-corrected chi connectivity index (χ3v) is 4.41. The van der Waals surface area contributed by atoms with Crippen molar-refractivity contribution in [3.8, 4) is 0 Å². The Labute approximate surface area is 113 Å². The summed E-state index contributed by atoms with van der Waals surface area (Å²) in [6.07, 6.45) is 5.30. The van der Waals surface area contributed by atoms with Gasteiger partial charge >= 0.3 is 5.97 Å². The van der Waals surface area contributed by atoms with E-state index in [-0.39, 0.29) is 11.8 Å². The van der Waals surface area contributed by atoms with Crippen LogP contribution in [0.5, 0.6) is 0 Å². The van der Waals surface area contributed by atoms with Crippen LogP contribution in [0.4, 0.5) is 0 Å². The molecular weight excluding hydrogens is 250 g/mol. The number of thioether (sulfide) groups is 1. The van der Waals surface area contributed by atoms with Crippen LogP contribution in [0.2, 0.25) is 0 Å². The number of carbonyl (C=O) groups excluding carboxylic acids is 1. The molecule has 0 aromatic heterocycles. The number of hydrogen-bond donors (Lipinski definition) is 2. The maximum atomic E-state index is 12.0. The Morgan fingerprint density at radius 2 is 2.00 bits per heavy atom. The molecular formula is C13H23NO3S. The van der Waals surface area contributed by atoms with Gasteiger partial charge in [-0.15, -0.1) is 0 Å². The Bertz CT molecular complexity index is 296. The van der Waals surface area contributed by atoms with Crippen LogP contribution < -0.4 is 5.32 Å². The van der Waals surface area contributed by atoms with Crippen molar-refractivity contribution in [1.29, 1.82) is 0 Å². The van der Waals surface area contributed by atoms with Crippen LogP contribution in [-0.4, -0.2) is 35.5 Å². The zero-order valence-electron chi connectivity index (χ0n) is 11.1. The lowest BCUT2D eigenvalue weighted by molar-refractivity contribution is -0.146. The summed E-state index contributed by atoms with van der Waals surface area (Å²) in [5, 5.41) is 12.0. The number of nitrogens with one attached hydrogen (secondary N) is 1. The molecule has 1 unspecified atom stereocenters. The minimum atomic E-state index is -0.824. The summed E-state index contributed by atoms with van der Waals surface area (Å²) in [5.41, 5.74) is 0. The molecule has 0 bridgehead atoms. The maximum absolute atomic E-state index is 12.0. The van der Waals surface area contributed by atoms with E-state index < -0.39 is 11.9 Å². The Hall–Kier alpha value is -0.710. The van der Waals surface area contributed by atoms with Crippen LogP contribution in [0.15, 0.2) is 0 Å². The summed E-state index contributed by atoms with van der Waals surface area (Å²) >= 11 is 1.75. The molecule has 3 atom stereocenters. The lowest BCUT2D eigenvalue weighted by Crippen LogP contribution is -2.35. The number of carboxylic acids is 1. The predicted molar refractivity (Wildman–Crippen MR) is 73.6 cm³/mol. The van der Waals surface area contributed by atoms with Crippen LogP contribution >= 0.6 is 11.8 Å². The average molecular weight is 273 g/mol. The number of carboxylic acid groups (broad SMARTS) is 1. The zero-order chi connectivity index (χ0) is 13.5. The van der Waals surface area contributed by atoms with Gasteiger partial charge in [-0.1, -0.05) is 13.3 Å². The fourth-order valence-electron chi connectivity index (χ4n) is 2.60. The quantitative estimate of drug-likeness (QED) is 0.696. The first kappa shape index (κ1) is 15.3. The molecule has 1 amide bonds. The van der Waals surface area contributed by atoms with E-state index in [4.69, 9.17) is 0 Å². The maximum Gasteiger partial charge on any atom is 0.307 e. The summed E-state index contributed by atoms with van der Waals surface area (Å²) in [4.78, 5) is 23.2. The van der Waals surface area contributed by atoms with Crippen molar-refractivity contribution < 1.29 is 14.7 Å². The highest BCUT2D eigenvalue weighted by molar-refractivity contribution is 7.98. The van der Waals surface area contributed by atoms with Gasteiger partial charge < -0.3 is 10.4 Å². The van der Waals surface area contributed by atoms with E-state index >= 15 is 0 Å². The normalized spacial score (nSPS) is 27.1. The monoisotopic (exact) mass is 273 g/mol. The summed E-state index contributed by atoms with van der Waals surface area (Å²) < 4.78 is 0. The molecule has 1 aliphatic carbocycles. The van der Waals surface area contributed by atoms with Gasteiger partial charge in [0, 0.05) is 6.54 Å². The number of rotatable bonds is 7. The molecule has 1 saturated carbocycles. The van der Waals surface area contributed by atoms with Gasteiger partial charge in [0.05, 0.1) is 11.8 Å². The van der Waals surface area contributed by atoms with E-state index in [0.29, 0.717) is 18.9 Å². The van der Waals surface area contributed by atoms with E-state index in [9.17, 15) is 14.7 Å². The summed E-state index contributed by atoms with van der Waals surface area (Å²) in [7, 11) is 0. The second-order valence-corrected chi connectivity index (χ2v) is 5.92. The molecule has 0 aromatic rings. The molecule has 0 radical (unpaired) electrons. The molecule has 0 aromatic carbocycles. The SMILES string of the molecule is CCC1C[C@H](C(=O)NCCCSC)[C@H](C(=O)O)C1. The molecule has 1 rings (SSSR count). The van der Waals surface area contributed by atoms with Crippen molar-refractivity contribution in [1.82, 2.24) is 5.32 Å². The van der Waals surface area contributed by atoms with E-state index in [0.717, 1.165) is 25.0 Å². The first-order valence-corrected chi connectivity index (χ1v) is 7.99. The van der Waals surface area contributed by atoms with Gasteiger partial charge in [0.1, 0.15) is 0 Å². The summed E-state index contributed by atoms with van der Waals surface area (Å²) in [6.45, 7) is 2.71. The molecule has 1 aliphatic rings. The first-order valence-electron chi connectivity index (χ1n) is 6.59. The van der Waals surface area contributed by atoms with Gasteiger partial charge in [-0.05, 0) is 37.2 Å². The third-order valence-electron chi connectivity index (χ3n) is 3.72. The van der Waals surface area contributed by atoms with E-state index in [1.807, 2.05) is 6.26 Å². The van der Waals surface area contributed by atoms with Gasteiger partial charge in [-0.25, -0.2) is 0 Å². The third kappa shape index (κ3) is 4.19. The van der Waals surface area contributed by atoms with Crippen molar-refractivity contribution in [2.75, 3.05) is 18.6 Å². The number of aliphatic carboxylic acids is 1. The smallest absolute Gasteiger partial charge is 0.307 e. The van der Waals surface area contributed by atoms with Gasteiger partial charge in [-0.2, -0.15) is 11.8 Å². The molecule has 0 heterocycles. The van der Waals surface area contributed by atoms with E-state index in [2.05, 4.69) is 12.2 Å². The lowest BCUT2D eigenvalue weighted by Gasteiger charge is -2.15. The zero-order valence-corrected chi connectivity index (χ0v) is 12.0. The molecule has 18 heavy (non-hydrogen) atoms. The van der Waals surface area contributed by atoms with Crippen LogP contribution in [0, 0.1) is 17.8 Å². The molecule has 4 nitrogen and oxygen atoms in total. The second-order valence-electron chi connectivity index (χ2n) is 4.93. The fraction of sp³-hybridized carbons (Fsp3) is 0.846. The number of hydrogen-bond acceptors (Lipinski definition) is 3. The molecule has 5 heteroatoms. The highest BCUT2D eigenvalue weighted by Gasteiger charge is 2.41. The van der Waals surface area contributed by atoms with Crippen LogP contribution in [0.3, 0.4) is 0 Å². The topological polar surface area (TPSA) is 66.4 Å². The Morgan fingerprint density at radius 1 is 1.33 bits per heavy atom. The van der Waals surface area contributed by atoms with Crippen molar-refractivity contribution in [2.24, 2.45) is 17.8 Å².